The first-order valence-electron chi connectivity index (χ1n) is 6.81. The zero-order valence-electron chi connectivity index (χ0n) is 11.6. The van der Waals surface area contributed by atoms with Crippen molar-refractivity contribution in [2.24, 2.45) is 5.92 Å². The summed E-state index contributed by atoms with van der Waals surface area (Å²) in [4.78, 5) is 2.59. The van der Waals surface area contributed by atoms with Crippen molar-refractivity contribution in [2.75, 3.05) is 33.3 Å². The molecule has 18 heavy (non-hydrogen) atoms. The second-order valence-electron chi connectivity index (χ2n) is 5.25. The molecule has 0 aromatic heterocycles. The number of ether oxygens (including phenoxy) is 1. The SMILES string of the molecule is COc1ccc(C(C(C)C)N2CCNCC2)cc1. The van der Waals surface area contributed by atoms with Crippen molar-refractivity contribution in [3.8, 4) is 5.75 Å². The van der Waals surface area contributed by atoms with E-state index in [9.17, 15) is 0 Å². The van der Waals surface area contributed by atoms with Crippen molar-refractivity contribution in [3.05, 3.63) is 29.8 Å². The smallest absolute Gasteiger partial charge is 0.118 e. The van der Waals surface area contributed by atoms with Crippen molar-refractivity contribution in [3.63, 3.8) is 0 Å². The number of benzene rings is 1. The van der Waals surface area contributed by atoms with Crippen molar-refractivity contribution in [1.29, 1.82) is 0 Å². The van der Waals surface area contributed by atoms with E-state index in [1.165, 1.54) is 5.56 Å². The minimum absolute atomic E-state index is 0.512. The number of nitrogens with zero attached hydrogens (tertiary/aromatic N) is 1. The third-order valence-electron chi connectivity index (χ3n) is 3.63. The van der Waals surface area contributed by atoms with Crippen LogP contribution in [0.3, 0.4) is 0 Å². The third-order valence-corrected chi connectivity index (χ3v) is 3.63. The Hall–Kier alpha value is -1.06. The summed E-state index contributed by atoms with van der Waals surface area (Å²) in [5.41, 5.74) is 1.40. The molecule has 0 aliphatic carbocycles. The van der Waals surface area contributed by atoms with E-state index >= 15 is 0 Å². The molecule has 1 aromatic carbocycles. The maximum atomic E-state index is 5.23. The highest BCUT2D eigenvalue weighted by atomic mass is 16.5. The molecule has 0 bridgehead atoms. The first kappa shape index (κ1) is 13.4. The predicted octanol–water partition coefficient (Wildman–Crippen LogP) is 2.30. The quantitative estimate of drug-likeness (QED) is 0.885. The monoisotopic (exact) mass is 248 g/mol. The van der Waals surface area contributed by atoms with E-state index in [0.29, 0.717) is 12.0 Å². The van der Waals surface area contributed by atoms with Gasteiger partial charge >= 0.3 is 0 Å². The van der Waals surface area contributed by atoms with Gasteiger partial charge < -0.3 is 10.1 Å². The first-order chi connectivity index (χ1) is 8.72. The lowest BCUT2D eigenvalue weighted by molar-refractivity contribution is 0.137. The number of hydrogen-bond donors (Lipinski definition) is 1. The molecule has 0 radical (unpaired) electrons. The first-order valence-corrected chi connectivity index (χ1v) is 6.81. The average Bonchev–Trinajstić information content (AvgIpc) is 2.40. The molecule has 1 unspecified atom stereocenters. The fraction of sp³-hybridized carbons (Fsp3) is 0.600. The fourth-order valence-electron chi connectivity index (χ4n) is 2.78. The van der Waals surface area contributed by atoms with E-state index in [1.807, 2.05) is 0 Å². The molecule has 1 heterocycles. The van der Waals surface area contributed by atoms with E-state index in [0.717, 1.165) is 31.9 Å². The standard InChI is InChI=1S/C15H24N2O/c1-12(2)15(17-10-8-16-9-11-17)13-4-6-14(18-3)7-5-13/h4-7,12,15-16H,8-11H2,1-3H3. The van der Waals surface area contributed by atoms with Gasteiger partial charge in [0.25, 0.3) is 0 Å². The second-order valence-corrected chi connectivity index (χ2v) is 5.25. The molecular weight excluding hydrogens is 224 g/mol. The normalized spacial score (nSPS) is 18.9. The van der Waals surface area contributed by atoms with Gasteiger partial charge in [0.2, 0.25) is 0 Å². The van der Waals surface area contributed by atoms with Crippen molar-refractivity contribution >= 4 is 0 Å². The zero-order chi connectivity index (χ0) is 13.0. The maximum absolute atomic E-state index is 5.23. The molecule has 1 atom stereocenters. The molecule has 3 heteroatoms. The number of piperazine rings is 1. The average molecular weight is 248 g/mol. The van der Waals surface area contributed by atoms with E-state index in [2.05, 4.69) is 48.3 Å². The van der Waals surface area contributed by atoms with Crippen LogP contribution in [0.25, 0.3) is 0 Å². The summed E-state index contributed by atoms with van der Waals surface area (Å²) in [6.07, 6.45) is 0. The summed E-state index contributed by atoms with van der Waals surface area (Å²) >= 11 is 0. The van der Waals surface area contributed by atoms with Crippen LogP contribution in [0.5, 0.6) is 5.75 Å². The number of hydrogen-bond acceptors (Lipinski definition) is 3. The minimum atomic E-state index is 0.512. The van der Waals surface area contributed by atoms with Gasteiger partial charge in [0.1, 0.15) is 5.75 Å². The van der Waals surface area contributed by atoms with Crippen molar-refractivity contribution < 1.29 is 4.74 Å². The Bertz CT molecular complexity index is 355. The Morgan fingerprint density at radius 1 is 1.11 bits per heavy atom. The Balaban J connectivity index is 2.17. The van der Waals surface area contributed by atoms with Crippen LogP contribution in [0.2, 0.25) is 0 Å². The summed E-state index contributed by atoms with van der Waals surface area (Å²) in [6, 6.07) is 9.04. The largest absolute Gasteiger partial charge is 0.497 e. The van der Waals surface area contributed by atoms with Crippen LogP contribution in [0.15, 0.2) is 24.3 Å². The Morgan fingerprint density at radius 2 is 1.72 bits per heavy atom. The van der Waals surface area contributed by atoms with Gasteiger partial charge in [-0.05, 0) is 23.6 Å². The molecule has 0 amide bonds. The number of nitrogens with one attached hydrogen (secondary N) is 1. The Kier molecular flexibility index (Phi) is 4.61. The van der Waals surface area contributed by atoms with Crippen LogP contribution in [0.4, 0.5) is 0 Å². The summed E-state index contributed by atoms with van der Waals surface area (Å²) in [5, 5.41) is 3.42. The predicted molar refractivity (Wildman–Crippen MR) is 75.0 cm³/mol. The number of methoxy groups -OCH3 is 1. The van der Waals surface area contributed by atoms with Crippen LogP contribution in [0.1, 0.15) is 25.5 Å². The van der Waals surface area contributed by atoms with Gasteiger partial charge in [-0.3, -0.25) is 4.90 Å². The molecule has 1 aromatic rings. The lowest BCUT2D eigenvalue weighted by Gasteiger charge is -2.37. The molecule has 1 fully saturated rings. The van der Waals surface area contributed by atoms with Crippen LogP contribution < -0.4 is 10.1 Å². The van der Waals surface area contributed by atoms with E-state index in [4.69, 9.17) is 4.74 Å². The molecule has 1 saturated heterocycles. The molecular formula is C15H24N2O. The van der Waals surface area contributed by atoms with Gasteiger partial charge in [0.15, 0.2) is 0 Å². The lowest BCUT2D eigenvalue weighted by atomic mass is 9.94. The summed E-state index contributed by atoms with van der Waals surface area (Å²) in [7, 11) is 1.71. The number of rotatable bonds is 4. The van der Waals surface area contributed by atoms with E-state index < -0.39 is 0 Å². The molecule has 0 spiro atoms. The zero-order valence-corrected chi connectivity index (χ0v) is 11.6. The van der Waals surface area contributed by atoms with Crippen molar-refractivity contribution in [2.45, 2.75) is 19.9 Å². The van der Waals surface area contributed by atoms with Gasteiger partial charge in [-0.1, -0.05) is 26.0 Å². The highest BCUT2D eigenvalue weighted by Crippen LogP contribution is 2.29. The molecule has 100 valence electrons. The van der Waals surface area contributed by atoms with Crippen LogP contribution in [-0.2, 0) is 0 Å². The molecule has 1 N–H and O–H groups in total. The molecule has 1 aliphatic rings. The maximum Gasteiger partial charge on any atom is 0.118 e. The molecule has 0 saturated carbocycles. The topological polar surface area (TPSA) is 24.5 Å². The fourth-order valence-corrected chi connectivity index (χ4v) is 2.78. The van der Waals surface area contributed by atoms with Gasteiger partial charge in [-0.2, -0.15) is 0 Å². The van der Waals surface area contributed by atoms with Crippen LogP contribution >= 0.6 is 0 Å². The Morgan fingerprint density at radius 3 is 2.22 bits per heavy atom. The highest BCUT2D eigenvalue weighted by Gasteiger charge is 2.24. The van der Waals surface area contributed by atoms with Gasteiger partial charge in [0.05, 0.1) is 7.11 Å². The lowest BCUT2D eigenvalue weighted by Crippen LogP contribution is -2.46. The molecule has 1 aliphatic heterocycles. The van der Waals surface area contributed by atoms with Crippen molar-refractivity contribution in [1.82, 2.24) is 10.2 Å². The minimum Gasteiger partial charge on any atom is -0.497 e. The summed E-state index contributed by atoms with van der Waals surface area (Å²) in [5.74, 6) is 1.55. The molecule has 2 rings (SSSR count). The summed E-state index contributed by atoms with van der Waals surface area (Å²) < 4.78 is 5.23. The summed E-state index contributed by atoms with van der Waals surface area (Å²) in [6.45, 7) is 9.07. The van der Waals surface area contributed by atoms with E-state index in [1.54, 1.807) is 7.11 Å². The van der Waals surface area contributed by atoms with E-state index in [-0.39, 0.29) is 0 Å². The van der Waals surface area contributed by atoms with Gasteiger partial charge in [-0.15, -0.1) is 0 Å². The second kappa shape index (κ2) is 6.21. The highest BCUT2D eigenvalue weighted by molar-refractivity contribution is 5.29. The Labute approximate surface area is 110 Å². The van der Waals surface area contributed by atoms with Crippen LogP contribution in [-0.4, -0.2) is 38.2 Å². The van der Waals surface area contributed by atoms with Gasteiger partial charge in [-0.25, -0.2) is 0 Å². The van der Waals surface area contributed by atoms with Gasteiger partial charge in [0, 0.05) is 32.2 Å². The molecule has 3 nitrogen and oxygen atoms in total. The van der Waals surface area contributed by atoms with Crippen LogP contribution in [0, 0.1) is 5.92 Å². The third kappa shape index (κ3) is 3.03.